The lowest BCUT2D eigenvalue weighted by molar-refractivity contribution is -0.129. The maximum absolute atomic E-state index is 11.7. The van der Waals surface area contributed by atoms with Crippen molar-refractivity contribution in [3.63, 3.8) is 0 Å². The Kier molecular flexibility index (Phi) is 1.09. The summed E-state index contributed by atoms with van der Waals surface area (Å²) in [6.07, 6.45) is 5.64. The van der Waals surface area contributed by atoms with Gasteiger partial charge in [-0.15, -0.1) is 0 Å². The first-order valence-electron chi connectivity index (χ1n) is 6.65. The molecular formula is C13H17NO. The van der Waals surface area contributed by atoms with Crippen molar-refractivity contribution in [3.05, 3.63) is 0 Å². The Morgan fingerprint density at radius 3 is 2.40 bits per heavy atom. The van der Waals surface area contributed by atoms with Crippen LogP contribution in [-0.2, 0) is 4.79 Å². The number of nitrogens with one attached hydrogen (secondary N) is 1. The van der Waals surface area contributed by atoms with E-state index in [1.807, 2.05) is 0 Å². The number of hydrogen-bond acceptors (Lipinski definition) is 1. The van der Waals surface area contributed by atoms with Crippen LogP contribution in [0, 0.1) is 41.4 Å². The first kappa shape index (κ1) is 7.70. The summed E-state index contributed by atoms with van der Waals surface area (Å²) in [5.74, 6) is 6.63. The van der Waals surface area contributed by atoms with Gasteiger partial charge in [-0.2, -0.15) is 0 Å². The number of carbonyl (C=O) groups excluding carboxylic acids is 1. The monoisotopic (exact) mass is 203 g/mol. The van der Waals surface area contributed by atoms with Gasteiger partial charge in [0.2, 0.25) is 5.91 Å². The van der Waals surface area contributed by atoms with Crippen LogP contribution >= 0.6 is 0 Å². The minimum atomic E-state index is 0.393. The third-order valence-corrected chi connectivity index (χ3v) is 6.56. The highest BCUT2D eigenvalue weighted by Gasteiger charge is 2.69. The van der Waals surface area contributed by atoms with Gasteiger partial charge in [0.25, 0.3) is 0 Å². The first-order valence-corrected chi connectivity index (χ1v) is 6.65. The van der Waals surface area contributed by atoms with Gasteiger partial charge in [-0.1, -0.05) is 0 Å². The summed E-state index contributed by atoms with van der Waals surface area (Å²) in [4.78, 5) is 11.7. The Morgan fingerprint density at radius 2 is 1.67 bits per heavy atom. The van der Waals surface area contributed by atoms with Crippen molar-refractivity contribution < 1.29 is 4.79 Å². The van der Waals surface area contributed by atoms with Gasteiger partial charge in [0.15, 0.2) is 0 Å². The lowest BCUT2D eigenvalue weighted by Crippen LogP contribution is -2.50. The van der Waals surface area contributed by atoms with Crippen molar-refractivity contribution in [1.29, 1.82) is 0 Å². The van der Waals surface area contributed by atoms with E-state index in [9.17, 15) is 4.79 Å². The van der Waals surface area contributed by atoms with Crippen molar-refractivity contribution in [3.8, 4) is 0 Å². The van der Waals surface area contributed by atoms with E-state index in [1.165, 1.54) is 25.7 Å². The van der Waals surface area contributed by atoms with Gasteiger partial charge >= 0.3 is 0 Å². The van der Waals surface area contributed by atoms with Crippen LogP contribution in [0.25, 0.3) is 0 Å². The third kappa shape index (κ3) is 0.644. The van der Waals surface area contributed by atoms with E-state index in [4.69, 9.17) is 0 Å². The summed E-state index contributed by atoms with van der Waals surface area (Å²) in [5, 5.41) is 3.23. The second-order valence-electron chi connectivity index (χ2n) is 6.58. The maximum Gasteiger partial charge on any atom is 0.223 e. The highest BCUT2D eigenvalue weighted by atomic mass is 16.2. The number of piperidine rings is 1. The van der Waals surface area contributed by atoms with E-state index in [0.717, 1.165) is 35.5 Å². The Morgan fingerprint density at radius 1 is 0.933 bits per heavy atom. The molecule has 4 aliphatic carbocycles. The molecule has 0 radical (unpaired) electrons. The van der Waals surface area contributed by atoms with Gasteiger partial charge in [0.1, 0.15) is 0 Å². The van der Waals surface area contributed by atoms with Crippen LogP contribution in [-0.4, -0.2) is 11.9 Å². The molecule has 8 atom stereocenters. The van der Waals surface area contributed by atoms with Crippen LogP contribution < -0.4 is 5.32 Å². The molecule has 1 saturated heterocycles. The highest BCUT2D eigenvalue weighted by molar-refractivity contribution is 5.83. The second kappa shape index (κ2) is 2.11. The fourth-order valence-electron chi connectivity index (χ4n) is 6.18. The van der Waals surface area contributed by atoms with Crippen molar-refractivity contribution >= 4 is 5.91 Å². The predicted molar refractivity (Wildman–Crippen MR) is 54.8 cm³/mol. The topological polar surface area (TPSA) is 29.1 Å². The maximum atomic E-state index is 11.7. The molecule has 1 N–H and O–H groups in total. The van der Waals surface area contributed by atoms with E-state index < -0.39 is 0 Å². The summed E-state index contributed by atoms with van der Waals surface area (Å²) in [5.41, 5.74) is 0. The molecule has 0 aromatic heterocycles. The normalized spacial score (nSPS) is 67.6. The van der Waals surface area contributed by atoms with Crippen molar-refractivity contribution in [2.24, 2.45) is 41.4 Å². The van der Waals surface area contributed by atoms with Gasteiger partial charge in [-0.25, -0.2) is 0 Å². The highest BCUT2D eigenvalue weighted by Crippen LogP contribution is 2.71. The zero-order valence-electron chi connectivity index (χ0n) is 8.86. The van der Waals surface area contributed by atoms with Crippen molar-refractivity contribution in [2.75, 3.05) is 0 Å². The average molecular weight is 203 g/mol. The molecule has 5 rings (SSSR count). The molecule has 15 heavy (non-hydrogen) atoms. The van der Waals surface area contributed by atoms with Crippen LogP contribution in [0.5, 0.6) is 0 Å². The van der Waals surface area contributed by atoms with Crippen LogP contribution in [0.4, 0.5) is 0 Å². The van der Waals surface area contributed by atoms with Gasteiger partial charge in [0.05, 0.1) is 0 Å². The Balaban J connectivity index is 1.61. The lowest BCUT2D eigenvalue weighted by Gasteiger charge is -2.48. The molecule has 4 bridgehead atoms. The van der Waals surface area contributed by atoms with Crippen LogP contribution in [0.1, 0.15) is 25.7 Å². The number of hydrogen-bond donors (Lipinski definition) is 1. The Hall–Kier alpha value is -0.530. The van der Waals surface area contributed by atoms with Crippen molar-refractivity contribution in [1.82, 2.24) is 5.32 Å². The molecule has 8 unspecified atom stereocenters. The molecule has 0 spiro atoms. The molecule has 4 saturated carbocycles. The number of carbonyl (C=O) groups is 1. The summed E-state index contributed by atoms with van der Waals surface area (Å²) in [6, 6.07) is 0.587. The van der Waals surface area contributed by atoms with Crippen molar-refractivity contribution in [2.45, 2.75) is 31.7 Å². The fourth-order valence-corrected chi connectivity index (χ4v) is 6.18. The quantitative estimate of drug-likeness (QED) is 0.593. The number of fused-ring (bicyclic) bond motifs is 12. The molecule has 2 heteroatoms. The molecule has 1 amide bonds. The predicted octanol–water partition coefficient (Wildman–Crippen LogP) is 1.41. The molecule has 80 valence electrons. The van der Waals surface area contributed by atoms with Crippen LogP contribution in [0.3, 0.4) is 0 Å². The Labute approximate surface area is 89.8 Å². The minimum Gasteiger partial charge on any atom is -0.353 e. The van der Waals surface area contributed by atoms with Crippen LogP contribution in [0.15, 0.2) is 0 Å². The van der Waals surface area contributed by atoms with Gasteiger partial charge in [-0.3, -0.25) is 4.79 Å². The second-order valence-corrected chi connectivity index (χ2v) is 6.58. The zero-order valence-corrected chi connectivity index (χ0v) is 8.86. The summed E-state index contributed by atoms with van der Waals surface area (Å²) in [7, 11) is 0. The summed E-state index contributed by atoms with van der Waals surface area (Å²) < 4.78 is 0. The molecule has 0 aromatic rings. The number of rotatable bonds is 0. The van der Waals surface area contributed by atoms with Gasteiger partial charge in [-0.05, 0) is 61.2 Å². The molecule has 1 heterocycles. The molecule has 0 aromatic carbocycles. The van der Waals surface area contributed by atoms with E-state index in [-0.39, 0.29) is 0 Å². The first-order chi connectivity index (χ1) is 7.34. The SMILES string of the molecule is O=C1NC2CC1C1C3CC(C4CCC43)C21. The smallest absolute Gasteiger partial charge is 0.223 e. The summed E-state index contributed by atoms with van der Waals surface area (Å²) in [6.45, 7) is 0. The molecule has 2 nitrogen and oxygen atoms in total. The molecule has 5 fully saturated rings. The van der Waals surface area contributed by atoms with Gasteiger partial charge in [0, 0.05) is 12.0 Å². The summed E-state index contributed by atoms with van der Waals surface area (Å²) >= 11 is 0. The molecule has 5 aliphatic rings. The fraction of sp³-hybridized carbons (Fsp3) is 0.923. The lowest BCUT2D eigenvalue weighted by atomic mass is 9.58. The Bertz CT molecular complexity index is 366. The molecular weight excluding hydrogens is 186 g/mol. The molecule has 1 aliphatic heterocycles. The van der Waals surface area contributed by atoms with Crippen LogP contribution in [0.2, 0.25) is 0 Å². The number of amides is 1. The van der Waals surface area contributed by atoms with E-state index >= 15 is 0 Å². The van der Waals surface area contributed by atoms with E-state index in [1.54, 1.807) is 0 Å². The average Bonchev–Trinajstić information content (AvgIpc) is 2.78. The van der Waals surface area contributed by atoms with Gasteiger partial charge < -0.3 is 5.32 Å². The third-order valence-electron chi connectivity index (χ3n) is 6.56. The standard InChI is InChI=1S/C13H17NO/c15-13-9-4-10(14-13)12-8-3-7(11(9)12)5-1-2-6(5)8/h5-12H,1-4H2,(H,14,15). The van der Waals surface area contributed by atoms with E-state index in [0.29, 0.717) is 17.9 Å². The zero-order chi connectivity index (χ0) is 9.73. The minimum absolute atomic E-state index is 0.393. The largest absolute Gasteiger partial charge is 0.353 e. The van der Waals surface area contributed by atoms with E-state index in [2.05, 4.69) is 5.32 Å².